The van der Waals surface area contributed by atoms with Crippen molar-refractivity contribution >= 4 is 38.7 Å². The predicted octanol–water partition coefficient (Wildman–Crippen LogP) is 6.11. The number of nitrogens with zero attached hydrogens (tertiary/aromatic N) is 2. The van der Waals surface area contributed by atoms with Crippen LogP contribution >= 0.6 is 11.3 Å². The van der Waals surface area contributed by atoms with E-state index < -0.39 is 32.5 Å². The van der Waals surface area contributed by atoms with Crippen LogP contribution in [0, 0.1) is 17.6 Å². The highest BCUT2D eigenvalue weighted by Crippen LogP contribution is 2.44. The zero-order chi connectivity index (χ0) is 25.6. The zero-order valence-corrected chi connectivity index (χ0v) is 21.3. The molecule has 1 aliphatic heterocycles. The Bertz CT molecular complexity index is 1400. The number of rotatable bonds is 4. The Morgan fingerprint density at radius 2 is 1.72 bits per heavy atom. The lowest BCUT2D eigenvalue weighted by Crippen LogP contribution is -2.46. The lowest BCUT2D eigenvalue weighted by molar-refractivity contribution is 0.0697. The van der Waals surface area contributed by atoms with Gasteiger partial charge in [-0.1, -0.05) is 37.5 Å². The second kappa shape index (κ2) is 9.57. The summed E-state index contributed by atoms with van der Waals surface area (Å²) in [5.74, 6) is -3.02. The Labute approximate surface area is 212 Å². The molecule has 36 heavy (non-hydrogen) atoms. The zero-order valence-electron chi connectivity index (χ0n) is 19.7. The highest BCUT2D eigenvalue weighted by molar-refractivity contribution is 7.89. The molecule has 1 aromatic heterocycles. The number of aromatic carboxylic acids is 1. The van der Waals surface area contributed by atoms with Crippen LogP contribution in [0.3, 0.4) is 0 Å². The van der Waals surface area contributed by atoms with E-state index in [0.717, 1.165) is 43.9 Å². The molecule has 0 spiro atoms. The first-order valence-corrected chi connectivity index (χ1v) is 14.1. The van der Waals surface area contributed by atoms with Crippen LogP contribution in [0.25, 0.3) is 10.4 Å². The lowest BCUT2D eigenvalue weighted by atomic mass is 9.83. The van der Waals surface area contributed by atoms with E-state index in [4.69, 9.17) is 0 Å². The molecule has 0 bridgehead atoms. The Balaban J connectivity index is 1.70. The smallest absolute Gasteiger partial charge is 0.348 e. The van der Waals surface area contributed by atoms with Crippen LogP contribution in [0.1, 0.15) is 41.8 Å². The molecule has 1 saturated carbocycles. The SMILES string of the molecule is CN1[C@H](C2CCCCC2)CN(c2ccccc2)c2cc(F)c(-c3cc(F)c(C(=O)O)s3)cc2S1(=O)=O. The molecule has 0 radical (unpaired) electrons. The molecule has 0 amide bonds. The van der Waals surface area contributed by atoms with Gasteiger partial charge in [0.25, 0.3) is 0 Å². The molecule has 2 aliphatic rings. The van der Waals surface area contributed by atoms with Crippen LogP contribution in [0.4, 0.5) is 20.2 Å². The van der Waals surface area contributed by atoms with Gasteiger partial charge in [-0.3, -0.25) is 0 Å². The number of fused-ring (bicyclic) bond motifs is 1. The third-order valence-electron chi connectivity index (χ3n) is 7.24. The highest BCUT2D eigenvalue weighted by Gasteiger charge is 2.41. The normalized spacial score (nSPS) is 20.6. The first kappa shape index (κ1) is 24.9. The monoisotopic (exact) mass is 532 g/mol. The summed E-state index contributed by atoms with van der Waals surface area (Å²) in [7, 11) is -2.47. The Kier molecular flexibility index (Phi) is 6.61. The number of halogens is 2. The van der Waals surface area contributed by atoms with E-state index in [0.29, 0.717) is 17.9 Å². The predicted molar refractivity (Wildman–Crippen MR) is 135 cm³/mol. The first-order chi connectivity index (χ1) is 17.2. The van der Waals surface area contributed by atoms with E-state index >= 15 is 4.39 Å². The quantitative estimate of drug-likeness (QED) is 0.439. The average Bonchev–Trinajstić information content (AvgIpc) is 3.23. The minimum atomic E-state index is -4.04. The first-order valence-electron chi connectivity index (χ1n) is 11.9. The fraction of sp³-hybridized carbons (Fsp3) is 0.346. The van der Waals surface area contributed by atoms with E-state index in [2.05, 4.69) is 0 Å². The number of carboxylic acids is 1. The molecule has 2 aromatic carbocycles. The maximum Gasteiger partial charge on any atom is 0.348 e. The molecular formula is C26H26F2N2O4S2. The molecule has 2 heterocycles. The summed E-state index contributed by atoms with van der Waals surface area (Å²) < 4.78 is 59.0. The van der Waals surface area contributed by atoms with Crippen molar-refractivity contribution in [3.8, 4) is 10.4 Å². The van der Waals surface area contributed by atoms with Crippen molar-refractivity contribution in [2.45, 2.75) is 43.0 Å². The number of benzene rings is 2. The number of anilines is 2. The molecule has 1 atom stereocenters. The summed E-state index contributed by atoms with van der Waals surface area (Å²) in [5.41, 5.74) is 0.807. The number of para-hydroxylation sites is 1. The lowest BCUT2D eigenvalue weighted by Gasteiger charge is -2.36. The molecule has 1 fully saturated rings. The maximum absolute atomic E-state index is 15.5. The van der Waals surface area contributed by atoms with Crippen LogP contribution in [0.15, 0.2) is 53.4 Å². The molecule has 1 aliphatic carbocycles. The molecule has 0 saturated heterocycles. The summed E-state index contributed by atoms with van der Waals surface area (Å²) in [5, 5.41) is 9.22. The van der Waals surface area contributed by atoms with Gasteiger partial charge in [-0.15, -0.1) is 11.3 Å². The summed E-state index contributed by atoms with van der Waals surface area (Å²) in [6, 6.07) is 12.3. The number of carboxylic acid groups (broad SMARTS) is 1. The average molecular weight is 533 g/mol. The van der Waals surface area contributed by atoms with E-state index in [1.54, 1.807) is 7.05 Å². The van der Waals surface area contributed by atoms with Gasteiger partial charge in [-0.25, -0.2) is 22.0 Å². The van der Waals surface area contributed by atoms with Gasteiger partial charge in [0.1, 0.15) is 21.4 Å². The Hall–Kier alpha value is -2.82. The van der Waals surface area contributed by atoms with E-state index in [9.17, 15) is 22.7 Å². The largest absolute Gasteiger partial charge is 0.477 e. The molecule has 1 N–H and O–H groups in total. The second-order valence-corrected chi connectivity index (χ2v) is 12.3. The minimum Gasteiger partial charge on any atom is -0.477 e. The van der Waals surface area contributed by atoms with Crippen molar-refractivity contribution in [2.24, 2.45) is 5.92 Å². The van der Waals surface area contributed by atoms with Crippen molar-refractivity contribution in [3.05, 3.63) is 65.0 Å². The Morgan fingerprint density at radius 3 is 2.36 bits per heavy atom. The number of carbonyl (C=O) groups is 1. The molecule has 5 rings (SSSR count). The van der Waals surface area contributed by atoms with Crippen LogP contribution in [0.5, 0.6) is 0 Å². The number of likely N-dealkylation sites (N-methyl/N-ethyl adjacent to an activating group) is 1. The summed E-state index contributed by atoms with van der Waals surface area (Å²) in [6.45, 7) is 0.368. The maximum atomic E-state index is 15.5. The topological polar surface area (TPSA) is 77.9 Å². The highest BCUT2D eigenvalue weighted by atomic mass is 32.2. The van der Waals surface area contributed by atoms with Gasteiger partial charge in [0, 0.05) is 35.8 Å². The van der Waals surface area contributed by atoms with Crippen molar-refractivity contribution in [2.75, 3.05) is 18.5 Å². The van der Waals surface area contributed by atoms with Crippen LogP contribution in [-0.2, 0) is 10.0 Å². The van der Waals surface area contributed by atoms with Gasteiger partial charge in [-0.05, 0) is 49.1 Å². The van der Waals surface area contributed by atoms with E-state index in [-0.39, 0.29) is 33.0 Å². The molecule has 3 aromatic rings. The molecule has 10 heteroatoms. The minimum absolute atomic E-state index is 0.0161. The summed E-state index contributed by atoms with van der Waals surface area (Å²) >= 11 is 0.576. The molecule has 0 unspecified atom stereocenters. The second-order valence-electron chi connectivity index (χ2n) is 9.33. The fourth-order valence-corrected chi connectivity index (χ4v) is 7.85. The van der Waals surface area contributed by atoms with Crippen LogP contribution in [-0.4, -0.2) is 43.4 Å². The van der Waals surface area contributed by atoms with Crippen LogP contribution < -0.4 is 4.90 Å². The third kappa shape index (κ3) is 4.31. The van der Waals surface area contributed by atoms with Crippen LogP contribution in [0.2, 0.25) is 0 Å². The van der Waals surface area contributed by atoms with Crippen molar-refractivity contribution < 1.29 is 27.1 Å². The van der Waals surface area contributed by atoms with Gasteiger partial charge in [0.05, 0.1) is 5.69 Å². The van der Waals surface area contributed by atoms with E-state index in [1.807, 2.05) is 35.2 Å². The van der Waals surface area contributed by atoms with E-state index in [1.165, 1.54) is 16.4 Å². The standard InChI is InChI=1S/C26H26F2N2O4S2/c1-29-22(16-8-4-2-5-9-16)15-30(17-10-6-3-7-11-17)21-13-19(27)18(12-24(21)36(29,33)34)23-14-20(28)25(35-23)26(31)32/h3,6-7,10-14,16,22H,2,4-5,8-9,15H2,1H3,(H,31,32)/t22-/m0/s1. The third-order valence-corrected chi connectivity index (χ3v) is 10.3. The van der Waals surface area contributed by atoms with Crippen molar-refractivity contribution in [1.29, 1.82) is 0 Å². The van der Waals surface area contributed by atoms with Gasteiger partial charge in [0.15, 0.2) is 0 Å². The molecule has 190 valence electrons. The van der Waals surface area contributed by atoms with Gasteiger partial charge in [0.2, 0.25) is 10.0 Å². The molecular weight excluding hydrogens is 506 g/mol. The van der Waals surface area contributed by atoms with Gasteiger partial charge >= 0.3 is 5.97 Å². The Morgan fingerprint density at radius 1 is 1.03 bits per heavy atom. The number of sulfonamides is 1. The number of hydrogen-bond donors (Lipinski definition) is 1. The van der Waals surface area contributed by atoms with Crippen molar-refractivity contribution in [1.82, 2.24) is 4.31 Å². The van der Waals surface area contributed by atoms with Gasteiger partial charge < -0.3 is 10.0 Å². The fourth-order valence-electron chi connectivity index (χ4n) is 5.35. The number of thiophene rings is 1. The van der Waals surface area contributed by atoms with Gasteiger partial charge in [-0.2, -0.15) is 4.31 Å². The number of hydrogen-bond acceptors (Lipinski definition) is 5. The molecule has 6 nitrogen and oxygen atoms in total. The van der Waals surface area contributed by atoms with Crippen molar-refractivity contribution in [3.63, 3.8) is 0 Å². The summed E-state index contributed by atoms with van der Waals surface area (Å²) in [4.78, 5) is 12.6. The summed E-state index contributed by atoms with van der Waals surface area (Å²) in [6.07, 6.45) is 5.07.